The number of anilines is 1. The molecule has 0 saturated carbocycles. The van der Waals surface area contributed by atoms with E-state index in [4.69, 9.17) is 5.73 Å². The maximum Gasteiger partial charge on any atom is 0.252 e. The molecule has 0 saturated heterocycles. The molecule has 3 rings (SSSR count). The van der Waals surface area contributed by atoms with Crippen LogP contribution in [0.1, 0.15) is 10.4 Å². The number of fused-ring (bicyclic) bond motifs is 1. The lowest BCUT2D eigenvalue weighted by Crippen LogP contribution is -2.27. The fourth-order valence-electron chi connectivity index (χ4n) is 2.20. The number of nitrogens with two attached hydrogens (primary N) is 1. The van der Waals surface area contributed by atoms with Gasteiger partial charge in [0.05, 0.1) is 17.6 Å². The van der Waals surface area contributed by atoms with Crippen molar-refractivity contribution in [2.24, 2.45) is 0 Å². The largest absolute Gasteiger partial charge is 0.384 e. The van der Waals surface area contributed by atoms with Crippen molar-refractivity contribution < 1.29 is 4.79 Å². The number of nitrogens with zero attached hydrogens (tertiary/aromatic N) is 3. The van der Waals surface area contributed by atoms with Crippen LogP contribution in [0, 0.1) is 0 Å². The van der Waals surface area contributed by atoms with E-state index in [-0.39, 0.29) is 5.91 Å². The lowest BCUT2D eigenvalue weighted by atomic mass is 10.1. The molecule has 106 valence electrons. The Bertz CT molecular complexity index is 767. The third kappa shape index (κ3) is 2.84. The Balaban J connectivity index is 1.78. The van der Waals surface area contributed by atoms with Crippen molar-refractivity contribution in [2.75, 3.05) is 12.3 Å². The highest BCUT2D eigenvalue weighted by atomic mass is 16.1. The van der Waals surface area contributed by atoms with Gasteiger partial charge in [0, 0.05) is 24.3 Å². The minimum absolute atomic E-state index is 0.160. The number of para-hydroxylation sites is 1. The molecule has 3 aromatic rings. The average Bonchev–Trinajstić information content (AvgIpc) is 2.99. The van der Waals surface area contributed by atoms with Crippen molar-refractivity contribution in [3.8, 4) is 0 Å². The molecular formula is C15H15N5O. The lowest BCUT2D eigenvalue weighted by Gasteiger charge is -2.09. The third-order valence-electron chi connectivity index (χ3n) is 3.17. The minimum Gasteiger partial charge on any atom is -0.384 e. The van der Waals surface area contributed by atoms with Crippen molar-refractivity contribution in [3.05, 3.63) is 54.4 Å². The molecule has 1 amide bonds. The molecule has 2 aromatic heterocycles. The van der Waals surface area contributed by atoms with E-state index in [1.54, 1.807) is 16.9 Å². The van der Waals surface area contributed by atoms with E-state index in [9.17, 15) is 4.79 Å². The first-order chi connectivity index (χ1) is 10.2. The molecule has 6 heteroatoms. The number of pyridine rings is 1. The van der Waals surface area contributed by atoms with E-state index in [1.165, 1.54) is 0 Å². The molecule has 0 aliphatic rings. The van der Waals surface area contributed by atoms with E-state index in [2.05, 4.69) is 15.4 Å². The van der Waals surface area contributed by atoms with Crippen LogP contribution in [0.3, 0.4) is 0 Å². The van der Waals surface area contributed by atoms with E-state index in [1.807, 2.05) is 36.5 Å². The molecule has 0 radical (unpaired) electrons. The molecule has 6 nitrogen and oxygen atoms in total. The van der Waals surface area contributed by atoms with Gasteiger partial charge in [-0.15, -0.1) is 0 Å². The molecule has 0 unspecified atom stereocenters. The number of aromatic nitrogens is 3. The standard InChI is InChI=1S/C15H15N5O/c16-14-10-12(11-4-1-2-5-13(11)19-14)15(21)17-7-9-20-8-3-6-18-20/h1-6,8,10H,7,9H2,(H2,16,19)(H,17,21). The molecule has 3 N–H and O–H groups in total. The van der Waals surface area contributed by atoms with Crippen LogP contribution < -0.4 is 11.1 Å². The molecular weight excluding hydrogens is 266 g/mol. The molecule has 0 spiro atoms. The predicted octanol–water partition coefficient (Wildman–Crippen LogP) is 1.44. The Kier molecular flexibility index (Phi) is 3.51. The Hall–Kier alpha value is -2.89. The first-order valence-electron chi connectivity index (χ1n) is 6.65. The second kappa shape index (κ2) is 5.62. The van der Waals surface area contributed by atoms with Crippen molar-refractivity contribution in [2.45, 2.75) is 6.54 Å². The SMILES string of the molecule is Nc1cc(C(=O)NCCn2cccn2)c2ccccc2n1. The highest BCUT2D eigenvalue weighted by Crippen LogP contribution is 2.19. The molecule has 0 bridgehead atoms. The van der Waals surface area contributed by atoms with Gasteiger partial charge in [-0.25, -0.2) is 4.98 Å². The summed E-state index contributed by atoms with van der Waals surface area (Å²) in [5.41, 5.74) is 7.02. The van der Waals surface area contributed by atoms with Crippen LogP contribution in [0.2, 0.25) is 0 Å². The highest BCUT2D eigenvalue weighted by molar-refractivity contribution is 6.06. The Morgan fingerprint density at radius 3 is 2.95 bits per heavy atom. The van der Waals surface area contributed by atoms with Gasteiger partial charge in [-0.05, 0) is 18.2 Å². The summed E-state index contributed by atoms with van der Waals surface area (Å²) in [7, 11) is 0. The molecule has 0 aliphatic heterocycles. The molecule has 2 heterocycles. The summed E-state index contributed by atoms with van der Waals surface area (Å²) in [5.74, 6) is 0.179. The zero-order valence-electron chi connectivity index (χ0n) is 11.4. The number of nitrogens with one attached hydrogen (secondary N) is 1. The Morgan fingerprint density at radius 1 is 1.29 bits per heavy atom. The first-order valence-corrected chi connectivity index (χ1v) is 6.65. The van der Waals surface area contributed by atoms with E-state index >= 15 is 0 Å². The summed E-state index contributed by atoms with van der Waals surface area (Å²) < 4.78 is 1.76. The molecule has 21 heavy (non-hydrogen) atoms. The van der Waals surface area contributed by atoms with Crippen LogP contribution in [0.25, 0.3) is 10.9 Å². The summed E-state index contributed by atoms with van der Waals surface area (Å²) in [4.78, 5) is 16.5. The van der Waals surface area contributed by atoms with Crippen LogP contribution in [0.15, 0.2) is 48.8 Å². The predicted molar refractivity (Wildman–Crippen MR) is 80.7 cm³/mol. The van der Waals surface area contributed by atoms with Gasteiger partial charge in [-0.3, -0.25) is 9.48 Å². The smallest absolute Gasteiger partial charge is 0.252 e. The fraction of sp³-hybridized carbons (Fsp3) is 0.133. The summed E-state index contributed by atoms with van der Waals surface area (Å²) in [6.45, 7) is 1.12. The number of hydrogen-bond acceptors (Lipinski definition) is 4. The van der Waals surface area contributed by atoms with Crippen LogP contribution in [-0.4, -0.2) is 27.2 Å². The van der Waals surface area contributed by atoms with Crippen molar-refractivity contribution in [3.63, 3.8) is 0 Å². The summed E-state index contributed by atoms with van der Waals surface area (Å²) in [5, 5.41) is 7.75. The highest BCUT2D eigenvalue weighted by Gasteiger charge is 2.11. The fourth-order valence-corrected chi connectivity index (χ4v) is 2.20. The zero-order chi connectivity index (χ0) is 14.7. The number of carbonyl (C=O) groups is 1. The van der Waals surface area contributed by atoms with Gasteiger partial charge in [0.2, 0.25) is 0 Å². The molecule has 0 atom stereocenters. The van der Waals surface area contributed by atoms with E-state index in [0.29, 0.717) is 24.5 Å². The van der Waals surface area contributed by atoms with Gasteiger partial charge in [-0.1, -0.05) is 18.2 Å². The van der Waals surface area contributed by atoms with Crippen LogP contribution in [0.4, 0.5) is 5.82 Å². The quantitative estimate of drug-likeness (QED) is 0.757. The average molecular weight is 281 g/mol. The number of nitrogen functional groups attached to an aromatic ring is 1. The second-order valence-corrected chi connectivity index (χ2v) is 4.64. The van der Waals surface area contributed by atoms with E-state index < -0.39 is 0 Å². The number of carbonyl (C=O) groups excluding carboxylic acids is 1. The van der Waals surface area contributed by atoms with Gasteiger partial charge in [0.15, 0.2) is 0 Å². The molecule has 1 aromatic carbocycles. The maximum absolute atomic E-state index is 12.3. The third-order valence-corrected chi connectivity index (χ3v) is 3.17. The topological polar surface area (TPSA) is 85.8 Å². The lowest BCUT2D eigenvalue weighted by molar-refractivity contribution is 0.0953. The van der Waals surface area contributed by atoms with E-state index in [0.717, 1.165) is 10.9 Å². The first kappa shape index (κ1) is 13.1. The summed E-state index contributed by atoms with van der Waals surface area (Å²) in [6, 6.07) is 10.9. The van der Waals surface area contributed by atoms with Crippen molar-refractivity contribution in [1.29, 1.82) is 0 Å². The van der Waals surface area contributed by atoms with Crippen molar-refractivity contribution >= 4 is 22.6 Å². The Labute approximate surface area is 121 Å². The van der Waals surface area contributed by atoms with Gasteiger partial charge in [-0.2, -0.15) is 5.10 Å². The number of benzene rings is 1. The monoisotopic (exact) mass is 281 g/mol. The molecule has 0 aliphatic carbocycles. The summed E-state index contributed by atoms with van der Waals surface area (Å²) >= 11 is 0. The normalized spacial score (nSPS) is 10.7. The van der Waals surface area contributed by atoms with Gasteiger partial charge < -0.3 is 11.1 Å². The van der Waals surface area contributed by atoms with Gasteiger partial charge in [0.25, 0.3) is 5.91 Å². The van der Waals surface area contributed by atoms with Crippen LogP contribution in [-0.2, 0) is 6.54 Å². The Morgan fingerprint density at radius 2 is 2.14 bits per heavy atom. The number of amides is 1. The van der Waals surface area contributed by atoms with Gasteiger partial charge >= 0.3 is 0 Å². The second-order valence-electron chi connectivity index (χ2n) is 4.64. The molecule has 0 fully saturated rings. The number of hydrogen-bond donors (Lipinski definition) is 2. The maximum atomic E-state index is 12.3. The van der Waals surface area contributed by atoms with Crippen LogP contribution >= 0.6 is 0 Å². The van der Waals surface area contributed by atoms with Crippen molar-refractivity contribution in [1.82, 2.24) is 20.1 Å². The zero-order valence-corrected chi connectivity index (χ0v) is 11.4. The minimum atomic E-state index is -0.160. The van der Waals surface area contributed by atoms with Crippen LogP contribution in [0.5, 0.6) is 0 Å². The summed E-state index contributed by atoms with van der Waals surface area (Å²) in [6.07, 6.45) is 3.56. The van der Waals surface area contributed by atoms with Gasteiger partial charge in [0.1, 0.15) is 5.82 Å². The number of rotatable bonds is 4.